The van der Waals surface area contributed by atoms with Gasteiger partial charge < -0.3 is 0 Å². The molecule has 2 aromatic rings. The van der Waals surface area contributed by atoms with E-state index < -0.39 is 0 Å². The average molecular weight is 216 g/mol. The highest BCUT2D eigenvalue weighted by atomic mass is 35.5. The van der Waals surface area contributed by atoms with Crippen molar-refractivity contribution in [3.8, 4) is 0 Å². The molecule has 0 unspecified atom stereocenters. The Bertz CT molecular complexity index is 424. The van der Waals surface area contributed by atoms with E-state index in [1.165, 1.54) is 0 Å². The van der Waals surface area contributed by atoms with E-state index >= 15 is 0 Å². The number of hydrogen-bond donors (Lipinski definition) is 0. The highest BCUT2D eigenvalue weighted by Crippen LogP contribution is 2.14. The third kappa shape index (κ3) is 1.62. The lowest BCUT2D eigenvalue weighted by Gasteiger charge is -1.97. The molecule has 0 aromatic carbocycles. The normalized spacial score (nSPS) is 10.9. The molecule has 0 bridgehead atoms. The maximum Gasteiger partial charge on any atom is 0.173 e. The first-order valence-electron chi connectivity index (χ1n) is 3.85. The van der Waals surface area contributed by atoms with Crippen LogP contribution in [0.5, 0.6) is 0 Å². The van der Waals surface area contributed by atoms with E-state index in [-0.39, 0.29) is 0 Å². The van der Waals surface area contributed by atoms with E-state index in [1.54, 1.807) is 16.9 Å². The van der Waals surface area contributed by atoms with Crippen molar-refractivity contribution in [1.29, 1.82) is 0 Å². The number of halogens is 2. The van der Waals surface area contributed by atoms with Gasteiger partial charge in [0.05, 0.1) is 6.20 Å². The lowest BCUT2D eigenvalue weighted by Crippen LogP contribution is -1.95. The molecule has 0 spiro atoms. The molecule has 0 aliphatic carbocycles. The van der Waals surface area contributed by atoms with Crippen molar-refractivity contribution >= 4 is 28.8 Å². The molecule has 0 fully saturated rings. The molecule has 68 valence electrons. The fourth-order valence-electron chi connectivity index (χ4n) is 1.12. The van der Waals surface area contributed by atoms with Crippen LogP contribution >= 0.6 is 23.2 Å². The molecule has 0 aliphatic heterocycles. The highest BCUT2D eigenvalue weighted by molar-refractivity contribution is 6.33. The van der Waals surface area contributed by atoms with Crippen molar-refractivity contribution < 1.29 is 0 Å². The van der Waals surface area contributed by atoms with Gasteiger partial charge in [0.2, 0.25) is 0 Å². The fourth-order valence-corrected chi connectivity index (χ4v) is 1.52. The monoisotopic (exact) mass is 215 g/mol. The third-order valence-electron chi connectivity index (χ3n) is 1.75. The first kappa shape index (κ1) is 8.78. The van der Waals surface area contributed by atoms with Crippen LogP contribution in [-0.4, -0.2) is 20.5 Å². The lowest BCUT2D eigenvalue weighted by molar-refractivity contribution is 0.911. The van der Waals surface area contributed by atoms with Crippen molar-refractivity contribution in [2.45, 2.75) is 6.42 Å². The summed E-state index contributed by atoms with van der Waals surface area (Å²) in [5.41, 5.74) is 1.74. The molecule has 2 heterocycles. The van der Waals surface area contributed by atoms with Crippen molar-refractivity contribution in [2.75, 3.05) is 5.88 Å². The number of nitrogens with zero attached hydrogens (tertiary/aromatic N) is 3. The SMILES string of the molecule is ClCCc1cnc2c(Cl)cnn2c1. The van der Waals surface area contributed by atoms with Crippen LogP contribution in [0.15, 0.2) is 18.6 Å². The van der Waals surface area contributed by atoms with Crippen molar-refractivity contribution in [2.24, 2.45) is 0 Å². The summed E-state index contributed by atoms with van der Waals surface area (Å²) in [6.45, 7) is 0. The van der Waals surface area contributed by atoms with Crippen LogP contribution in [0.3, 0.4) is 0 Å². The van der Waals surface area contributed by atoms with Gasteiger partial charge in [-0.05, 0) is 12.0 Å². The first-order valence-corrected chi connectivity index (χ1v) is 4.76. The average Bonchev–Trinajstić information content (AvgIpc) is 2.48. The Labute approximate surface area is 85.3 Å². The number of rotatable bonds is 2. The molecular weight excluding hydrogens is 209 g/mol. The minimum Gasteiger partial charge on any atom is -0.235 e. The van der Waals surface area contributed by atoms with Gasteiger partial charge >= 0.3 is 0 Å². The van der Waals surface area contributed by atoms with Gasteiger partial charge in [-0.2, -0.15) is 5.10 Å². The highest BCUT2D eigenvalue weighted by Gasteiger charge is 2.02. The molecule has 0 radical (unpaired) electrons. The van der Waals surface area contributed by atoms with Crippen LogP contribution in [-0.2, 0) is 6.42 Å². The quantitative estimate of drug-likeness (QED) is 0.720. The predicted molar refractivity (Wildman–Crippen MR) is 52.4 cm³/mol. The number of hydrogen-bond acceptors (Lipinski definition) is 2. The second kappa shape index (κ2) is 3.52. The maximum atomic E-state index is 5.83. The smallest absolute Gasteiger partial charge is 0.173 e. The summed E-state index contributed by atoms with van der Waals surface area (Å²) in [7, 11) is 0. The number of aromatic nitrogens is 3. The summed E-state index contributed by atoms with van der Waals surface area (Å²) in [5, 5.41) is 4.61. The molecule has 0 saturated carbocycles. The predicted octanol–water partition coefficient (Wildman–Crippen LogP) is 2.16. The number of alkyl halides is 1. The second-order valence-electron chi connectivity index (χ2n) is 2.66. The molecule has 13 heavy (non-hydrogen) atoms. The zero-order valence-electron chi connectivity index (χ0n) is 6.74. The molecular formula is C8H7Cl2N3. The van der Waals surface area contributed by atoms with Gasteiger partial charge in [-0.25, -0.2) is 9.50 Å². The molecule has 0 atom stereocenters. The minimum absolute atomic E-state index is 0.567. The summed E-state index contributed by atoms with van der Waals surface area (Å²) in [6, 6.07) is 0. The minimum atomic E-state index is 0.567. The third-order valence-corrected chi connectivity index (χ3v) is 2.21. The van der Waals surface area contributed by atoms with E-state index in [9.17, 15) is 0 Å². The van der Waals surface area contributed by atoms with Crippen molar-refractivity contribution in [1.82, 2.24) is 14.6 Å². The van der Waals surface area contributed by atoms with Gasteiger partial charge in [0.25, 0.3) is 0 Å². The van der Waals surface area contributed by atoms with Crippen molar-refractivity contribution in [3.63, 3.8) is 0 Å². The van der Waals surface area contributed by atoms with Gasteiger partial charge in [0.15, 0.2) is 5.65 Å². The topological polar surface area (TPSA) is 30.2 Å². The summed E-state index contributed by atoms with van der Waals surface area (Å²) in [4.78, 5) is 4.17. The zero-order chi connectivity index (χ0) is 9.26. The van der Waals surface area contributed by atoms with E-state index in [0.29, 0.717) is 16.5 Å². The van der Waals surface area contributed by atoms with Crippen LogP contribution in [0.25, 0.3) is 5.65 Å². The van der Waals surface area contributed by atoms with Gasteiger partial charge in [-0.15, -0.1) is 11.6 Å². The molecule has 3 nitrogen and oxygen atoms in total. The Balaban J connectivity index is 2.50. The van der Waals surface area contributed by atoms with E-state index in [0.717, 1.165) is 12.0 Å². The number of fused-ring (bicyclic) bond motifs is 1. The van der Waals surface area contributed by atoms with Crippen LogP contribution in [0.1, 0.15) is 5.56 Å². The van der Waals surface area contributed by atoms with Gasteiger partial charge in [0, 0.05) is 18.3 Å². The largest absolute Gasteiger partial charge is 0.235 e. The first-order chi connectivity index (χ1) is 6.31. The molecule has 2 rings (SSSR count). The van der Waals surface area contributed by atoms with Crippen LogP contribution in [0.4, 0.5) is 0 Å². The van der Waals surface area contributed by atoms with Crippen molar-refractivity contribution in [3.05, 3.63) is 29.2 Å². The fraction of sp³-hybridized carbons (Fsp3) is 0.250. The molecule has 0 aliphatic rings. The van der Waals surface area contributed by atoms with Gasteiger partial charge in [-0.3, -0.25) is 0 Å². The standard InChI is InChI=1S/C8H7Cl2N3/c9-2-1-6-3-11-8-7(10)4-12-13(8)5-6/h3-5H,1-2H2. The van der Waals surface area contributed by atoms with Gasteiger partial charge in [-0.1, -0.05) is 11.6 Å². The van der Waals surface area contributed by atoms with Gasteiger partial charge in [0.1, 0.15) is 5.02 Å². The van der Waals surface area contributed by atoms with E-state index in [1.807, 2.05) is 6.20 Å². The van der Waals surface area contributed by atoms with E-state index in [2.05, 4.69) is 10.1 Å². The Kier molecular flexibility index (Phi) is 2.38. The summed E-state index contributed by atoms with van der Waals surface area (Å²) in [5.74, 6) is 0.586. The van der Waals surface area contributed by atoms with Crippen LogP contribution in [0.2, 0.25) is 5.02 Å². The van der Waals surface area contributed by atoms with E-state index in [4.69, 9.17) is 23.2 Å². The van der Waals surface area contributed by atoms with Crippen LogP contribution < -0.4 is 0 Å². The summed E-state index contributed by atoms with van der Waals surface area (Å²) < 4.78 is 1.66. The zero-order valence-corrected chi connectivity index (χ0v) is 8.26. The second-order valence-corrected chi connectivity index (χ2v) is 3.45. The Morgan fingerprint density at radius 1 is 1.38 bits per heavy atom. The maximum absolute atomic E-state index is 5.83. The van der Waals surface area contributed by atoms with Crippen LogP contribution in [0, 0.1) is 0 Å². The Hall–Kier alpha value is -0.800. The summed E-state index contributed by atoms with van der Waals surface area (Å²) >= 11 is 11.4. The molecule has 0 N–H and O–H groups in total. The summed E-state index contributed by atoms with van der Waals surface area (Å²) in [6.07, 6.45) is 6.03. The molecule has 0 saturated heterocycles. The Morgan fingerprint density at radius 2 is 2.23 bits per heavy atom. The lowest BCUT2D eigenvalue weighted by atomic mass is 10.3. The molecule has 0 amide bonds. The Morgan fingerprint density at radius 3 is 3.00 bits per heavy atom. The molecule has 5 heteroatoms. The molecule has 2 aromatic heterocycles. The number of aryl methyl sites for hydroxylation is 1.